The first kappa shape index (κ1) is 17.7. The topological polar surface area (TPSA) is 53.5 Å². The Morgan fingerprint density at radius 3 is 1.69 bits per heavy atom. The van der Waals surface area contributed by atoms with Crippen molar-refractivity contribution in [2.45, 2.75) is 20.0 Å². The lowest BCUT2D eigenvalue weighted by Crippen LogP contribution is -2.08. The van der Waals surface area contributed by atoms with Gasteiger partial charge in [0, 0.05) is 11.1 Å². The van der Waals surface area contributed by atoms with Crippen LogP contribution in [0.3, 0.4) is 0 Å². The van der Waals surface area contributed by atoms with Crippen molar-refractivity contribution in [1.29, 1.82) is 0 Å². The summed E-state index contributed by atoms with van der Waals surface area (Å²) in [5.74, 6) is 2.10. The number of methoxy groups -OCH3 is 2. The molecule has 0 saturated heterocycles. The lowest BCUT2D eigenvalue weighted by molar-refractivity contribution is 0.232. The van der Waals surface area contributed by atoms with Crippen LogP contribution in [-0.4, -0.2) is 30.3 Å². The fourth-order valence-corrected chi connectivity index (χ4v) is 2.58. The van der Waals surface area contributed by atoms with Crippen molar-refractivity contribution < 1.29 is 14.2 Å². The van der Waals surface area contributed by atoms with Gasteiger partial charge in [-0.1, -0.05) is 0 Å². The van der Waals surface area contributed by atoms with Gasteiger partial charge in [0.15, 0.2) is 0 Å². The van der Waals surface area contributed by atoms with Crippen LogP contribution in [0.4, 0.5) is 0 Å². The molecule has 2 aromatic carbocycles. The monoisotopic (exact) mass is 350 g/mol. The molecule has 0 unspecified atom stereocenters. The fourth-order valence-electron chi connectivity index (χ4n) is 2.58. The fraction of sp³-hybridized carbons (Fsp3) is 0.238. The smallest absolute Gasteiger partial charge is 0.233 e. The van der Waals surface area contributed by atoms with E-state index in [1.165, 1.54) is 0 Å². The van der Waals surface area contributed by atoms with Crippen molar-refractivity contribution in [2.75, 3.05) is 14.2 Å². The van der Waals surface area contributed by atoms with Crippen LogP contribution in [0.15, 0.2) is 54.7 Å². The van der Waals surface area contributed by atoms with Crippen molar-refractivity contribution in [3.05, 3.63) is 54.7 Å². The van der Waals surface area contributed by atoms with E-state index in [9.17, 15) is 0 Å². The number of rotatable bonds is 6. The van der Waals surface area contributed by atoms with Gasteiger partial charge in [-0.3, -0.25) is 0 Å². The van der Waals surface area contributed by atoms with Crippen LogP contribution in [0.25, 0.3) is 22.5 Å². The highest BCUT2D eigenvalue weighted by atomic mass is 16.5. The Hall–Kier alpha value is -3.08. The Balaban J connectivity index is 2.09. The maximum atomic E-state index is 5.73. The molecule has 134 valence electrons. The second-order valence-electron chi connectivity index (χ2n) is 6.03. The molecule has 0 amide bonds. The van der Waals surface area contributed by atoms with Gasteiger partial charge < -0.3 is 14.2 Å². The summed E-state index contributed by atoms with van der Waals surface area (Å²) in [4.78, 5) is 9.32. The van der Waals surface area contributed by atoms with Crippen LogP contribution in [0, 0.1) is 0 Å². The Kier molecular flexibility index (Phi) is 5.37. The summed E-state index contributed by atoms with van der Waals surface area (Å²) in [7, 11) is 3.30. The van der Waals surface area contributed by atoms with Crippen LogP contribution in [0.1, 0.15) is 13.8 Å². The minimum absolute atomic E-state index is 0.0276. The Morgan fingerprint density at radius 1 is 0.731 bits per heavy atom. The summed E-state index contributed by atoms with van der Waals surface area (Å²) in [5.41, 5.74) is 3.45. The molecule has 0 aliphatic heterocycles. The van der Waals surface area contributed by atoms with Crippen LogP contribution >= 0.6 is 0 Å². The SMILES string of the molecule is COc1ccc(-c2ncc(OC(C)C)nc2-c2ccc(OC)cc2)cc1. The van der Waals surface area contributed by atoms with E-state index in [1.807, 2.05) is 62.4 Å². The molecule has 3 aromatic rings. The predicted molar refractivity (Wildman–Crippen MR) is 102 cm³/mol. The number of hydrogen-bond donors (Lipinski definition) is 0. The lowest BCUT2D eigenvalue weighted by atomic mass is 10.0. The van der Waals surface area contributed by atoms with Gasteiger partial charge in [0.25, 0.3) is 0 Å². The average molecular weight is 350 g/mol. The quantitative estimate of drug-likeness (QED) is 0.649. The lowest BCUT2D eigenvalue weighted by Gasteiger charge is -2.13. The third-order valence-electron chi connectivity index (χ3n) is 3.83. The van der Waals surface area contributed by atoms with Gasteiger partial charge in [0.2, 0.25) is 5.88 Å². The summed E-state index contributed by atoms with van der Waals surface area (Å²) in [6.45, 7) is 3.93. The van der Waals surface area contributed by atoms with Crippen molar-refractivity contribution in [3.63, 3.8) is 0 Å². The number of benzene rings is 2. The zero-order valence-corrected chi connectivity index (χ0v) is 15.4. The summed E-state index contributed by atoms with van der Waals surface area (Å²) in [6, 6.07) is 15.5. The number of ether oxygens (including phenoxy) is 3. The van der Waals surface area contributed by atoms with Gasteiger partial charge in [-0.15, -0.1) is 0 Å². The molecule has 0 spiro atoms. The van der Waals surface area contributed by atoms with Gasteiger partial charge in [0.1, 0.15) is 17.2 Å². The molecular weight excluding hydrogens is 328 g/mol. The predicted octanol–water partition coefficient (Wildman–Crippen LogP) is 4.62. The second kappa shape index (κ2) is 7.87. The van der Waals surface area contributed by atoms with E-state index in [1.54, 1.807) is 20.4 Å². The van der Waals surface area contributed by atoms with Gasteiger partial charge >= 0.3 is 0 Å². The van der Waals surface area contributed by atoms with Crippen molar-refractivity contribution in [3.8, 4) is 39.9 Å². The number of nitrogens with zero attached hydrogens (tertiary/aromatic N) is 2. The Labute approximate surface area is 153 Å². The minimum atomic E-state index is 0.0276. The van der Waals surface area contributed by atoms with Crippen molar-refractivity contribution in [2.24, 2.45) is 0 Å². The van der Waals surface area contributed by atoms with Gasteiger partial charge in [-0.05, 0) is 62.4 Å². The molecule has 5 heteroatoms. The van der Waals surface area contributed by atoms with Crippen LogP contribution in [0.2, 0.25) is 0 Å². The summed E-state index contributed by atoms with van der Waals surface area (Å²) in [6.07, 6.45) is 1.69. The van der Waals surface area contributed by atoms with Crippen LogP contribution in [0.5, 0.6) is 17.4 Å². The first-order valence-electron chi connectivity index (χ1n) is 8.43. The molecule has 0 aliphatic carbocycles. The van der Waals surface area contributed by atoms with E-state index in [-0.39, 0.29) is 6.10 Å². The molecule has 0 radical (unpaired) electrons. The van der Waals surface area contributed by atoms with E-state index in [2.05, 4.69) is 4.98 Å². The standard InChI is InChI=1S/C21H22N2O3/c1-14(2)26-19-13-22-20(15-5-9-17(24-3)10-6-15)21(23-19)16-7-11-18(25-4)12-8-16/h5-14H,1-4H3. The number of aromatic nitrogens is 2. The molecule has 3 rings (SSSR count). The Morgan fingerprint density at radius 2 is 1.23 bits per heavy atom. The van der Waals surface area contributed by atoms with E-state index in [4.69, 9.17) is 19.2 Å². The molecule has 0 aliphatic rings. The van der Waals surface area contributed by atoms with E-state index >= 15 is 0 Å². The van der Waals surface area contributed by atoms with Crippen LogP contribution in [-0.2, 0) is 0 Å². The van der Waals surface area contributed by atoms with E-state index < -0.39 is 0 Å². The Bertz CT molecular complexity index is 859. The molecule has 1 heterocycles. The van der Waals surface area contributed by atoms with Crippen molar-refractivity contribution >= 4 is 0 Å². The molecule has 0 atom stereocenters. The third kappa shape index (κ3) is 3.94. The largest absolute Gasteiger partial charge is 0.497 e. The highest BCUT2D eigenvalue weighted by Crippen LogP contribution is 2.32. The maximum Gasteiger partial charge on any atom is 0.233 e. The molecule has 5 nitrogen and oxygen atoms in total. The molecular formula is C21H22N2O3. The molecule has 0 fully saturated rings. The van der Waals surface area contributed by atoms with E-state index in [0.717, 1.165) is 34.0 Å². The minimum Gasteiger partial charge on any atom is -0.497 e. The normalized spacial score (nSPS) is 10.7. The summed E-state index contributed by atoms with van der Waals surface area (Å²) >= 11 is 0. The molecule has 1 aromatic heterocycles. The molecule has 0 N–H and O–H groups in total. The molecule has 0 bridgehead atoms. The summed E-state index contributed by atoms with van der Waals surface area (Å²) < 4.78 is 16.2. The maximum absolute atomic E-state index is 5.73. The first-order chi connectivity index (χ1) is 12.6. The number of hydrogen-bond acceptors (Lipinski definition) is 5. The molecule has 26 heavy (non-hydrogen) atoms. The zero-order valence-electron chi connectivity index (χ0n) is 15.4. The highest BCUT2D eigenvalue weighted by molar-refractivity contribution is 5.78. The average Bonchev–Trinajstić information content (AvgIpc) is 2.68. The van der Waals surface area contributed by atoms with Gasteiger partial charge in [-0.25, -0.2) is 9.97 Å². The third-order valence-corrected chi connectivity index (χ3v) is 3.83. The second-order valence-corrected chi connectivity index (χ2v) is 6.03. The van der Waals surface area contributed by atoms with Crippen molar-refractivity contribution in [1.82, 2.24) is 9.97 Å². The first-order valence-corrected chi connectivity index (χ1v) is 8.43. The van der Waals surface area contributed by atoms with Gasteiger partial charge in [0.05, 0.1) is 32.2 Å². The summed E-state index contributed by atoms with van der Waals surface area (Å²) in [5, 5.41) is 0. The van der Waals surface area contributed by atoms with Gasteiger partial charge in [-0.2, -0.15) is 0 Å². The van der Waals surface area contributed by atoms with Crippen LogP contribution < -0.4 is 14.2 Å². The zero-order chi connectivity index (χ0) is 18.5. The highest BCUT2D eigenvalue weighted by Gasteiger charge is 2.14. The molecule has 0 saturated carbocycles. The van der Waals surface area contributed by atoms with E-state index in [0.29, 0.717) is 5.88 Å².